The molecule has 1 heterocycles. The summed E-state index contributed by atoms with van der Waals surface area (Å²) in [6, 6.07) is 8.79. The summed E-state index contributed by atoms with van der Waals surface area (Å²) in [4.78, 5) is 4.06. The molecule has 1 unspecified atom stereocenters. The molecule has 0 saturated carbocycles. The Bertz CT molecular complexity index is 546. The summed E-state index contributed by atoms with van der Waals surface area (Å²) < 4.78 is 7.47. The Balaban J connectivity index is 1.80. The van der Waals surface area contributed by atoms with Crippen molar-refractivity contribution < 1.29 is 4.74 Å². The van der Waals surface area contributed by atoms with Gasteiger partial charge in [-0.05, 0) is 31.5 Å². The van der Waals surface area contributed by atoms with E-state index in [4.69, 9.17) is 4.74 Å². The molecule has 1 aromatic heterocycles. The van der Waals surface area contributed by atoms with Gasteiger partial charge in [-0.2, -0.15) is 0 Å². The van der Waals surface area contributed by atoms with Crippen LogP contribution in [0.1, 0.15) is 25.5 Å². The lowest BCUT2D eigenvalue weighted by Crippen LogP contribution is -2.23. The first-order valence-electron chi connectivity index (χ1n) is 7.20. The molecule has 0 aliphatic heterocycles. The fourth-order valence-electron chi connectivity index (χ4n) is 2.06. The van der Waals surface area contributed by atoms with Crippen LogP contribution < -0.4 is 5.32 Å². The van der Waals surface area contributed by atoms with Crippen molar-refractivity contribution in [2.45, 2.75) is 19.9 Å². The third-order valence-electron chi connectivity index (χ3n) is 3.24. The topological polar surface area (TPSA) is 39.1 Å². The monoisotopic (exact) mass is 285 g/mol. The van der Waals surface area contributed by atoms with E-state index in [1.165, 1.54) is 5.56 Å². The van der Waals surface area contributed by atoms with Gasteiger partial charge < -0.3 is 14.6 Å². The maximum atomic E-state index is 5.48. The van der Waals surface area contributed by atoms with Gasteiger partial charge in [0.25, 0.3) is 0 Å². The average molecular weight is 285 g/mol. The van der Waals surface area contributed by atoms with E-state index in [0.717, 1.165) is 17.8 Å². The zero-order valence-corrected chi connectivity index (χ0v) is 12.7. The van der Waals surface area contributed by atoms with Crippen LogP contribution in [0, 0.1) is 0 Å². The van der Waals surface area contributed by atoms with E-state index in [9.17, 15) is 0 Å². The van der Waals surface area contributed by atoms with E-state index in [-0.39, 0.29) is 0 Å². The van der Waals surface area contributed by atoms with Crippen molar-refractivity contribution in [2.75, 3.05) is 19.8 Å². The number of nitrogens with one attached hydrogen (secondary N) is 1. The Morgan fingerprint density at radius 2 is 2.14 bits per heavy atom. The summed E-state index contributed by atoms with van der Waals surface area (Å²) in [5.41, 5.74) is 3.44. The van der Waals surface area contributed by atoms with Crippen LogP contribution in [-0.2, 0) is 4.74 Å². The molecule has 0 bridgehead atoms. The summed E-state index contributed by atoms with van der Waals surface area (Å²) in [5.74, 6) is 0. The van der Waals surface area contributed by atoms with Gasteiger partial charge in [-0.1, -0.05) is 24.3 Å². The van der Waals surface area contributed by atoms with Gasteiger partial charge in [0.1, 0.15) is 0 Å². The van der Waals surface area contributed by atoms with Crippen LogP contribution >= 0.6 is 0 Å². The van der Waals surface area contributed by atoms with Crippen LogP contribution in [0.25, 0.3) is 5.69 Å². The van der Waals surface area contributed by atoms with E-state index in [2.05, 4.69) is 48.1 Å². The zero-order valence-electron chi connectivity index (χ0n) is 12.7. The van der Waals surface area contributed by atoms with Crippen molar-refractivity contribution >= 4 is 0 Å². The number of rotatable bonds is 8. The molecular formula is C17H23N3O. The van der Waals surface area contributed by atoms with Gasteiger partial charge in [0.05, 0.1) is 19.5 Å². The van der Waals surface area contributed by atoms with Crippen LogP contribution in [0.4, 0.5) is 0 Å². The average Bonchev–Trinajstić information content (AvgIpc) is 3.01. The standard InChI is InChI=1S/C17H23N3O/c1-14(2)12-21-11-9-19-15(3)16-4-6-17(7-5-16)20-10-8-18-13-20/h4-8,10,13,15,19H,1,9,11-12H2,2-3H3. The Morgan fingerprint density at radius 1 is 1.38 bits per heavy atom. The number of nitrogens with zero attached hydrogens (tertiary/aromatic N) is 2. The highest BCUT2D eigenvalue weighted by Gasteiger charge is 2.04. The van der Waals surface area contributed by atoms with E-state index >= 15 is 0 Å². The van der Waals surface area contributed by atoms with Gasteiger partial charge in [-0.25, -0.2) is 4.98 Å². The first kappa shape index (κ1) is 15.5. The second-order valence-electron chi connectivity index (χ2n) is 5.25. The molecule has 4 nitrogen and oxygen atoms in total. The lowest BCUT2D eigenvalue weighted by Gasteiger charge is -2.15. The van der Waals surface area contributed by atoms with E-state index in [0.29, 0.717) is 19.3 Å². The summed E-state index contributed by atoms with van der Waals surface area (Å²) in [5, 5.41) is 3.45. The number of ether oxygens (including phenoxy) is 1. The van der Waals surface area contributed by atoms with Crippen molar-refractivity contribution in [1.82, 2.24) is 14.9 Å². The molecule has 0 spiro atoms. The summed E-state index contributed by atoms with van der Waals surface area (Å²) in [7, 11) is 0. The van der Waals surface area contributed by atoms with Crippen LogP contribution in [0.2, 0.25) is 0 Å². The van der Waals surface area contributed by atoms with Crippen molar-refractivity contribution in [1.29, 1.82) is 0 Å². The quantitative estimate of drug-likeness (QED) is 0.598. The fraction of sp³-hybridized carbons (Fsp3) is 0.353. The Morgan fingerprint density at radius 3 is 2.76 bits per heavy atom. The first-order valence-corrected chi connectivity index (χ1v) is 7.20. The largest absolute Gasteiger partial charge is 0.376 e. The highest BCUT2D eigenvalue weighted by molar-refractivity contribution is 5.35. The Hall–Kier alpha value is -1.91. The number of aromatic nitrogens is 2. The van der Waals surface area contributed by atoms with Crippen LogP contribution in [0.15, 0.2) is 55.1 Å². The Kier molecular flexibility index (Phi) is 5.72. The molecule has 0 fully saturated rings. The van der Waals surface area contributed by atoms with Crippen LogP contribution in [0.3, 0.4) is 0 Å². The number of imidazole rings is 1. The SMILES string of the molecule is C=C(C)COCCNC(C)c1ccc(-n2ccnc2)cc1. The Labute approximate surface area is 126 Å². The molecule has 1 N–H and O–H groups in total. The predicted octanol–water partition coefficient (Wildman–Crippen LogP) is 3.12. The second-order valence-corrected chi connectivity index (χ2v) is 5.25. The summed E-state index contributed by atoms with van der Waals surface area (Å²) in [6.07, 6.45) is 5.52. The zero-order chi connectivity index (χ0) is 15.1. The summed E-state index contributed by atoms with van der Waals surface area (Å²) in [6.45, 7) is 10.1. The molecule has 4 heteroatoms. The molecule has 1 atom stereocenters. The van der Waals surface area contributed by atoms with E-state index < -0.39 is 0 Å². The van der Waals surface area contributed by atoms with Gasteiger partial charge >= 0.3 is 0 Å². The molecule has 112 valence electrons. The minimum atomic E-state index is 0.301. The van der Waals surface area contributed by atoms with Gasteiger partial charge in [0.2, 0.25) is 0 Å². The molecule has 0 aliphatic rings. The van der Waals surface area contributed by atoms with Gasteiger partial charge in [-0.15, -0.1) is 0 Å². The minimum Gasteiger partial charge on any atom is -0.376 e. The maximum absolute atomic E-state index is 5.48. The molecular weight excluding hydrogens is 262 g/mol. The lowest BCUT2D eigenvalue weighted by molar-refractivity contribution is 0.156. The number of hydrogen-bond donors (Lipinski definition) is 1. The van der Waals surface area contributed by atoms with Gasteiger partial charge in [0.15, 0.2) is 0 Å². The third kappa shape index (κ3) is 4.85. The molecule has 0 radical (unpaired) electrons. The van der Waals surface area contributed by atoms with Crippen molar-refractivity contribution in [3.8, 4) is 5.69 Å². The maximum Gasteiger partial charge on any atom is 0.0991 e. The highest BCUT2D eigenvalue weighted by atomic mass is 16.5. The van der Waals surface area contributed by atoms with Crippen molar-refractivity contribution in [3.63, 3.8) is 0 Å². The van der Waals surface area contributed by atoms with Crippen molar-refractivity contribution in [3.05, 3.63) is 60.7 Å². The van der Waals surface area contributed by atoms with E-state index in [1.54, 1.807) is 12.5 Å². The van der Waals surface area contributed by atoms with E-state index in [1.807, 2.05) is 17.7 Å². The molecule has 21 heavy (non-hydrogen) atoms. The highest BCUT2D eigenvalue weighted by Crippen LogP contribution is 2.15. The molecule has 0 aliphatic carbocycles. The number of benzene rings is 1. The normalized spacial score (nSPS) is 12.3. The smallest absolute Gasteiger partial charge is 0.0991 e. The minimum absolute atomic E-state index is 0.301. The molecule has 0 amide bonds. The molecule has 2 aromatic rings. The van der Waals surface area contributed by atoms with Crippen molar-refractivity contribution in [2.24, 2.45) is 0 Å². The summed E-state index contributed by atoms with van der Waals surface area (Å²) >= 11 is 0. The molecule has 1 aromatic carbocycles. The van der Waals surface area contributed by atoms with Crippen LogP contribution in [-0.4, -0.2) is 29.3 Å². The predicted molar refractivity (Wildman–Crippen MR) is 85.6 cm³/mol. The third-order valence-corrected chi connectivity index (χ3v) is 3.24. The first-order chi connectivity index (χ1) is 10.2. The lowest BCUT2D eigenvalue weighted by atomic mass is 10.1. The molecule has 0 saturated heterocycles. The van der Waals surface area contributed by atoms with Gasteiger partial charge in [-0.3, -0.25) is 0 Å². The fourth-order valence-corrected chi connectivity index (χ4v) is 2.06. The number of hydrogen-bond acceptors (Lipinski definition) is 3. The second kappa shape index (κ2) is 7.76. The van der Waals surface area contributed by atoms with Crippen LogP contribution in [0.5, 0.6) is 0 Å². The van der Waals surface area contributed by atoms with Gasteiger partial charge in [0, 0.05) is 30.7 Å². The molecule has 2 rings (SSSR count).